The molecular weight excluding hydrogens is 313 g/mol. The van der Waals surface area contributed by atoms with Crippen molar-refractivity contribution < 1.29 is 13.2 Å². The highest BCUT2D eigenvalue weighted by Gasteiger charge is 2.30. The van der Waals surface area contributed by atoms with E-state index in [9.17, 15) is 13.2 Å². The standard InChI is InChI=1S/C12H14BrF3S/c1-2-9-5-3-7-11(17-12(14,15)16)10(9)6-4-8-13/h3,5,7H,2,4,6,8H2,1H3. The van der Waals surface area contributed by atoms with Gasteiger partial charge in [-0.15, -0.1) is 0 Å². The molecule has 0 nitrogen and oxygen atoms in total. The summed E-state index contributed by atoms with van der Waals surface area (Å²) in [6, 6.07) is 5.16. The summed E-state index contributed by atoms with van der Waals surface area (Å²) >= 11 is 3.30. The summed E-state index contributed by atoms with van der Waals surface area (Å²) in [6.45, 7) is 1.97. The monoisotopic (exact) mass is 326 g/mol. The van der Waals surface area contributed by atoms with Crippen molar-refractivity contribution in [1.82, 2.24) is 0 Å². The van der Waals surface area contributed by atoms with Gasteiger partial charge in [0.25, 0.3) is 0 Å². The normalized spacial score (nSPS) is 11.8. The molecule has 0 heterocycles. The van der Waals surface area contributed by atoms with E-state index in [0.717, 1.165) is 29.3 Å². The van der Waals surface area contributed by atoms with Crippen molar-refractivity contribution in [3.8, 4) is 0 Å². The highest BCUT2D eigenvalue weighted by Crippen LogP contribution is 2.39. The second-order valence-electron chi connectivity index (χ2n) is 3.59. The van der Waals surface area contributed by atoms with Crippen molar-refractivity contribution >= 4 is 27.7 Å². The van der Waals surface area contributed by atoms with Crippen LogP contribution in [0, 0.1) is 0 Å². The largest absolute Gasteiger partial charge is 0.446 e. The topological polar surface area (TPSA) is 0 Å². The molecule has 1 aromatic rings. The minimum absolute atomic E-state index is 0.00797. The third kappa shape index (κ3) is 4.92. The first kappa shape index (κ1) is 14.9. The van der Waals surface area contributed by atoms with Gasteiger partial charge in [0, 0.05) is 10.2 Å². The van der Waals surface area contributed by atoms with Crippen molar-refractivity contribution in [2.75, 3.05) is 5.33 Å². The Labute approximate surface area is 112 Å². The number of rotatable bonds is 5. The first-order valence-electron chi connectivity index (χ1n) is 5.40. The summed E-state index contributed by atoms with van der Waals surface area (Å²) in [7, 11) is 0. The van der Waals surface area contributed by atoms with Gasteiger partial charge < -0.3 is 0 Å². The molecule has 0 bridgehead atoms. The SMILES string of the molecule is CCc1cccc(SC(F)(F)F)c1CCCBr. The van der Waals surface area contributed by atoms with Crippen LogP contribution in [0.2, 0.25) is 0 Å². The maximum Gasteiger partial charge on any atom is 0.446 e. The summed E-state index contributed by atoms with van der Waals surface area (Å²) in [6.07, 6.45) is 2.31. The molecule has 1 aromatic carbocycles. The highest BCUT2D eigenvalue weighted by atomic mass is 79.9. The van der Waals surface area contributed by atoms with E-state index in [4.69, 9.17) is 0 Å². The third-order valence-electron chi connectivity index (χ3n) is 2.40. The van der Waals surface area contributed by atoms with Gasteiger partial charge in [0.05, 0.1) is 0 Å². The quantitative estimate of drug-likeness (QED) is 0.530. The van der Waals surface area contributed by atoms with Gasteiger partial charge in [-0.3, -0.25) is 0 Å². The van der Waals surface area contributed by atoms with Gasteiger partial charge in [0.2, 0.25) is 0 Å². The molecule has 17 heavy (non-hydrogen) atoms. The number of halogens is 4. The van der Waals surface area contributed by atoms with Gasteiger partial charge in [-0.2, -0.15) is 13.2 Å². The average Bonchev–Trinajstić information content (AvgIpc) is 2.25. The number of benzene rings is 1. The van der Waals surface area contributed by atoms with E-state index >= 15 is 0 Å². The van der Waals surface area contributed by atoms with Crippen LogP contribution in [0.1, 0.15) is 24.5 Å². The number of hydrogen-bond donors (Lipinski definition) is 0. The van der Waals surface area contributed by atoms with E-state index in [0.29, 0.717) is 11.3 Å². The van der Waals surface area contributed by atoms with Crippen molar-refractivity contribution in [2.45, 2.75) is 36.6 Å². The Morgan fingerprint density at radius 2 is 2.00 bits per heavy atom. The fourth-order valence-corrected chi connectivity index (χ4v) is 2.72. The Bertz CT molecular complexity index is 363. The van der Waals surface area contributed by atoms with Crippen molar-refractivity contribution in [3.05, 3.63) is 29.3 Å². The third-order valence-corrected chi connectivity index (χ3v) is 3.79. The number of thioether (sulfide) groups is 1. The highest BCUT2D eigenvalue weighted by molar-refractivity contribution is 9.09. The van der Waals surface area contributed by atoms with Crippen LogP contribution in [0.15, 0.2) is 23.1 Å². The van der Waals surface area contributed by atoms with E-state index in [-0.39, 0.29) is 11.8 Å². The molecule has 0 amide bonds. The van der Waals surface area contributed by atoms with Crippen LogP contribution >= 0.6 is 27.7 Å². The molecule has 0 unspecified atom stereocenters. The fraction of sp³-hybridized carbons (Fsp3) is 0.500. The minimum atomic E-state index is -4.21. The van der Waals surface area contributed by atoms with Crippen LogP contribution in [0.25, 0.3) is 0 Å². The summed E-state index contributed by atoms with van der Waals surface area (Å²) in [5, 5.41) is 0.807. The molecule has 0 aliphatic rings. The second-order valence-corrected chi connectivity index (χ2v) is 5.49. The summed E-state index contributed by atoms with van der Waals surface area (Å²) in [5.41, 5.74) is -2.35. The summed E-state index contributed by atoms with van der Waals surface area (Å²) in [4.78, 5) is 0.345. The Hall–Kier alpha value is -0.160. The fourth-order valence-electron chi connectivity index (χ4n) is 1.69. The van der Waals surface area contributed by atoms with Gasteiger partial charge in [0.15, 0.2) is 0 Å². The van der Waals surface area contributed by atoms with Crippen molar-refractivity contribution in [2.24, 2.45) is 0 Å². The lowest BCUT2D eigenvalue weighted by Crippen LogP contribution is -2.03. The lowest BCUT2D eigenvalue weighted by molar-refractivity contribution is -0.0328. The molecule has 0 saturated carbocycles. The van der Waals surface area contributed by atoms with E-state index in [1.165, 1.54) is 0 Å². The Balaban J connectivity index is 3.01. The molecule has 0 radical (unpaired) electrons. The van der Waals surface area contributed by atoms with Gasteiger partial charge in [-0.05, 0) is 48.2 Å². The van der Waals surface area contributed by atoms with Gasteiger partial charge in [0.1, 0.15) is 0 Å². The molecule has 0 saturated heterocycles. The van der Waals surface area contributed by atoms with Gasteiger partial charge in [-0.25, -0.2) is 0 Å². The van der Waals surface area contributed by atoms with Crippen LogP contribution in [0.4, 0.5) is 13.2 Å². The van der Waals surface area contributed by atoms with Gasteiger partial charge in [-0.1, -0.05) is 35.0 Å². The van der Waals surface area contributed by atoms with Crippen LogP contribution in [0.5, 0.6) is 0 Å². The van der Waals surface area contributed by atoms with Crippen LogP contribution in [0.3, 0.4) is 0 Å². The van der Waals surface area contributed by atoms with E-state index in [2.05, 4.69) is 15.9 Å². The molecule has 0 N–H and O–H groups in total. The minimum Gasteiger partial charge on any atom is -0.160 e. The Morgan fingerprint density at radius 3 is 2.53 bits per heavy atom. The van der Waals surface area contributed by atoms with Crippen LogP contribution < -0.4 is 0 Å². The van der Waals surface area contributed by atoms with E-state index in [1.54, 1.807) is 12.1 Å². The number of hydrogen-bond acceptors (Lipinski definition) is 1. The Kier molecular flexibility index (Phi) is 5.86. The second kappa shape index (κ2) is 6.69. The zero-order valence-electron chi connectivity index (χ0n) is 9.48. The number of alkyl halides is 4. The van der Waals surface area contributed by atoms with Crippen LogP contribution in [-0.4, -0.2) is 10.8 Å². The zero-order chi connectivity index (χ0) is 12.9. The van der Waals surface area contributed by atoms with E-state index in [1.807, 2.05) is 13.0 Å². The molecule has 0 aromatic heterocycles. The molecule has 0 aliphatic carbocycles. The molecule has 0 fully saturated rings. The summed E-state index contributed by atoms with van der Waals surface area (Å²) < 4.78 is 37.3. The van der Waals surface area contributed by atoms with Gasteiger partial charge >= 0.3 is 5.51 Å². The average molecular weight is 327 g/mol. The molecule has 0 spiro atoms. The van der Waals surface area contributed by atoms with Crippen molar-refractivity contribution in [3.63, 3.8) is 0 Å². The maximum atomic E-state index is 12.4. The van der Waals surface area contributed by atoms with Crippen LogP contribution in [-0.2, 0) is 12.8 Å². The van der Waals surface area contributed by atoms with Crippen molar-refractivity contribution in [1.29, 1.82) is 0 Å². The predicted molar refractivity (Wildman–Crippen MR) is 69.8 cm³/mol. The molecule has 5 heteroatoms. The zero-order valence-corrected chi connectivity index (χ0v) is 11.9. The maximum absolute atomic E-state index is 12.4. The number of aryl methyl sites for hydroxylation is 1. The lowest BCUT2D eigenvalue weighted by Gasteiger charge is -2.14. The first-order chi connectivity index (χ1) is 7.98. The predicted octanol–water partition coefficient (Wildman–Crippen LogP) is 5.19. The summed E-state index contributed by atoms with van der Waals surface area (Å²) in [5.74, 6) is 0. The molecule has 0 atom stereocenters. The molecule has 96 valence electrons. The Morgan fingerprint density at radius 1 is 1.29 bits per heavy atom. The first-order valence-corrected chi connectivity index (χ1v) is 7.34. The molecule has 1 rings (SSSR count). The van der Waals surface area contributed by atoms with E-state index < -0.39 is 5.51 Å². The molecular formula is C12H14BrF3S. The smallest absolute Gasteiger partial charge is 0.160 e. The lowest BCUT2D eigenvalue weighted by atomic mass is 10.0. The molecule has 0 aliphatic heterocycles.